The molecule has 0 spiro atoms. The van der Waals surface area contributed by atoms with Crippen molar-refractivity contribution in [1.29, 1.82) is 0 Å². The van der Waals surface area contributed by atoms with Gasteiger partial charge in [0.2, 0.25) is 0 Å². The lowest BCUT2D eigenvalue weighted by molar-refractivity contribution is 0.0933. The first-order valence-corrected chi connectivity index (χ1v) is 10.1. The highest BCUT2D eigenvalue weighted by molar-refractivity contribution is 5.97. The summed E-state index contributed by atoms with van der Waals surface area (Å²) in [6, 6.07) is 13.6. The van der Waals surface area contributed by atoms with Crippen LogP contribution in [0.4, 0.5) is 5.69 Å². The normalized spacial score (nSPS) is 11.7. The van der Waals surface area contributed by atoms with E-state index in [1.54, 1.807) is 12.4 Å². The molecule has 3 rings (SSSR count). The van der Waals surface area contributed by atoms with Gasteiger partial charge in [0.1, 0.15) is 0 Å². The Morgan fingerprint density at radius 2 is 1.83 bits per heavy atom. The number of anilines is 1. The van der Waals surface area contributed by atoms with E-state index >= 15 is 0 Å². The maximum Gasteiger partial charge on any atom is 0.252 e. The lowest BCUT2D eigenvalue weighted by Gasteiger charge is -2.20. The van der Waals surface area contributed by atoms with Crippen molar-refractivity contribution in [2.75, 3.05) is 5.32 Å². The van der Waals surface area contributed by atoms with Gasteiger partial charge in [-0.1, -0.05) is 38.0 Å². The third-order valence-electron chi connectivity index (χ3n) is 5.02. The smallest absolute Gasteiger partial charge is 0.252 e. The summed E-state index contributed by atoms with van der Waals surface area (Å²) in [6.07, 6.45) is 10.2. The quantitative estimate of drug-likeness (QED) is 0.538. The Morgan fingerprint density at radius 1 is 1.03 bits per heavy atom. The van der Waals surface area contributed by atoms with Crippen LogP contribution in [0.2, 0.25) is 0 Å². The fourth-order valence-electron chi connectivity index (χ4n) is 3.32. The number of carbonyl (C=O) groups is 1. The zero-order valence-electron chi connectivity index (χ0n) is 17.1. The number of hydrogen-bond donors (Lipinski definition) is 2. The number of amides is 1. The van der Waals surface area contributed by atoms with Crippen LogP contribution in [0.25, 0.3) is 0 Å². The molecule has 0 saturated heterocycles. The van der Waals surface area contributed by atoms with Gasteiger partial charge in [-0.3, -0.25) is 14.8 Å². The van der Waals surface area contributed by atoms with E-state index in [1.807, 2.05) is 61.8 Å². The molecule has 29 heavy (non-hydrogen) atoms. The zero-order chi connectivity index (χ0) is 20.5. The molecule has 3 aromatic rings. The number of benzene rings is 1. The van der Waals surface area contributed by atoms with Gasteiger partial charge < -0.3 is 10.6 Å². The molecule has 2 heterocycles. The van der Waals surface area contributed by atoms with E-state index < -0.39 is 0 Å². The standard InChI is InChI=1S/C24H28N4O/c1-3-4-11-23(20-9-7-14-26-17-20)28-24(29)21-10-5-12-22(18(21)2)27-16-19-8-6-13-25-15-19/h5-10,12-15,17,23,27H,3-4,11,16H2,1-2H3,(H,28,29)/t23-/m1/s1. The molecule has 150 valence electrons. The van der Waals surface area contributed by atoms with Crippen LogP contribution in [0.3, 0.4) is 0 Å². The van der Waals surface area contributed by atoms with Crippen molar-refractivity contribution in [3.8, 4) is 0 Å². The second kappa shape index (κ2) is 10.4. The Labute approximate surface area is 172 Å². The first-order chi connectivity index (χ1) is 14.2. The van der Waals surface area contributed by atoms with E-state index in [4.69, 9.17) is 0 Å². The van der Waals surface area contributed by atoms with E-state index in [2.05, 4.69) is 27.5 Å². The van der Waals surface area contributed by atoms with Crippen LogP contribution < -0.4 is 10.6 Å². The van der Waals surface area contributed by atoms with Crippen LogP contribution in [-0.2, 0) is 6.54 Å². The van der Waals surface area contributed by atoms with Crippen molar-refractivity contribution < 1.29 is 4.79 Å². The van der Waals surface area contributed by atoms with Gasteiger partial charge in [-0.25, -0.2) is 0 Å². The van der Waals surface area contributed by atoms with Gasteiger partial charge in [-0.15, -0.1) is 0 Å². The predicted molar refractivity (Wildman–Crippen MR) is 117 cm³/mol. The highest BCUT2D eigenvalue weighted by atomic mass is 16.1. The van der Waals surface area contributed by atoms with Crippen LogP contribution >= 0.6 is 0 Å². The topological polar surface area (TPSA) is 66.9 Å². The molecular formula is C24H28N4O. The second-order valence-corrected chi connectivity index (χ2v) is 7.15. The number of unbranched alkanes of at least 4 members (excludes halogenated alkanes) is 1. The Hall–Kier alpha value is -3.21. The van der Waals surface area contributed by atoms with Crippen LogP contribution in [0.5, 0.6) is 0 Å². The highest BCUT2D eigenvalue weighted by Gasteiger charge is 2.18. The van der Waals surface area contributed by atoms with E-state index in [-0.39, 0.29) is 11.9 Å². The zero-order valence-corrected chi connectivity index (χ0v) is 17.1. The van der Waals surface area contributed by atoms with E-state index in [0.717, 1.165) is 41.6 Å². The lowest BCUT2D eigenvalue weighted by Crippen LogP contribution is -2.29. The molecule has 0 aliphatic carbocycles. The van der Waals surface area contributed by atoms with Gasteiger partial charge in [0, 0.05) is 42.6 Å². The molecule has 1 aromatic carbocycles. The summed E-state index contributed by atoms with van der Waals surface area (Å²) in [6.45, 7) is 4.80. The van der Waals surface area contributed by atoms with Crippen molar-refractivity contribution in [3.63, 3.8) is 0 Å². The van der Waals surface area contributed by atoms with Crippen molar-refractivity contribution in [3.05, 3.63) is 89.5 Å². The van der Waals surface area contributed by atoms with Gasteiger partial charge >= 0.3 is 0 Å². The highest BCUT2D eigenvalue weighted by Crippen LogP contribution is 2.23. The summed E-state index contributed by atoms with van der Waals surface area (Å²) < 4.78 is 0. The monoisotopic (exact) mass is 388 g/mol. The molecule has 2 N–H and O–H groups in total. The molecule has 0 aliphatic heterocycles. The summed E-state index contributed by atoms with van der Waals surface area (Å²) in [5.41, 5.74) is 4.71. The minimum absolute atomic E-state index is 0.0393. The minimum atomic E-state index is -0.0579. The molecule has 5 heteroatoms. The van der Waals surface area contributed by atoms with E-state index in [1.165, 1.54) is 0 Å². The summed E-state index contributed by atoms with van der Waals surface area (Å²) in [5.74, 6) is -0.0579. The summed E-state index contributed by atoms with van der Waals surface area (Å²) in [7, 11) is 0. The number of nitrogens with zero attached hydrogens (tertiary/aromatic N) is 2. The maximum absolute atomic E-state index is 13.1. The van der Waals surface area contributed by atoms with Crippen molar-refractivity contribution in [2.24, 2.45) is 0 Å². The number of rotatable bonds is 9. The summed E-state index contributed by atoms with van der Waals surface area (Å²) in [5, 5.41) is 6.62. The fraction of sp³-hybridized carbons (Fsp3) is 0.292. The van der Waals surface area contributed by atoms with Gasteiger partial charge in [0.05, 0.1) is 6.04 Å². The molecule has 0 fully saturated rings. The number of carbonyl (C=O) groups excluding carboxylic acids is 1. The molecule has 5 nitrogen and oxygen atoms in total. The number of hydrogen-bond acceptors (Lipinski definition) is 4. The third kappa shape index (κ3) is 5.64. The molecule has 0 saturated carbocycles. The van der Waals surface area contributed by atoms with Crippen LogP contribution in [0, 0.1) is 6.92 Å². The van der Waals surface area contributed by atoms with Crippen LogP contribution in [-0.4, -0.2) is 15.9 Å². The second-order valence-electron chi connectivity index (χ2n) is 7.15. The van der Waals surface area contributed by atoms with Gasteiger partial charge in [0.25, 0.3) is 5.91 Å². The predicted octanol–water partition coefficient (Wildman–Crippen LogP) is 5.06. The fourth-order valence-corrected chi connectivity index (χ4v) is 3.32. The molecular weight excluding hydrogens is 360 g/mol. The average molecular weight is 389 g/mol. The van der Waals surface area contributed by atoms with E-state index in [0.29, 0.717) is 12.1 Å². The molecule has 2 aromatic heterocycles. The van der Waals surface area contributed by atoms with Crippen LogP contribution in [0.1, 0.15) is 59.3 Å². The molecule has 0 aliphatic rings. The van der Waals surface area contributed by atoms with Gasteiger partial charge in [-0.2, -0.15) is 0 Å². The first kappa shape index (κ1) is 20.5. The minimum Gasteiger partial charge on any atom is -0.381 e. The Balaban J connectivity index is 1.73. The Morgan fingerprint density at radius 3 is 2.52 bits per heavy atom. The number of pyridine rings is 2. The molecule has 1 atom stereocenters. The maximum atomic E-state index is 13.1. The lowest BCUT2D eigenvalue weighted by atomic mass is 10.0. The summed E-state index contributed by atoms with van der Waals surface area (Å²) in [4.78, 5) is 21.4. The van der Waals surface area contributed by atoms with Crippen molar-refractivity contribution >= 4 is 11.6 Å². The molecule has 0 radical (unpaired) electrons. The first-order valence-electron chi connectivity index (χ1n) is 10.1. The average Bonchev–Trinajstić information content (AvgIpc) is 2.77. The third-order valence-corrected chi connectivity index (χ3v) is 5.02. The Bertz CT molecular complexity index is 913. The largest absolute Gasteiger partial charge is 0.381 e. The number of nitrogens with one attached hydrogen (secondary N) is 2. The van der Waals surface area contributed by atoms with Crippen LogP contribution in [0.15, 0.2) is 67.3 Å². The van der Waals surface area contributed by atoms with Gasteiger partial charge in [0.15, 0.2) is 0 Å². The van der Waals surface area contributed by atoms with Gasteiger partial charge in [-0.05, 0) is 54.3 Å². The Kier molecular flexibility index (Phi) is 7.34. The molecule has 0 bridgehead atoms. The number of aromatic nitrogens is 2. The molecule has 1 amide bonds. The molecule has 0 unspecified atom stereocenters. The van der Waals surface area contributed by atoms with Crippen molar-refractivity contribution in [2.45, 2.75) is 45.7 Å². The SMILES string of the molecule is CCCC[C@@H](NC(=O)c1cccc(NCc2cccnc2)c1C)c1cccnc1. The van der Waals surface area contributed by atoms with Crippen molar-refractivity contribution in [1.82, 2.24) is 15.3 Å². The summed E-state index contributed by atoms with van der Waals surface area (Å²) >= 11 is 0. The van der Waals surface area contributed by atoms with E-state index in [9.17, 15) is 4.79 Å².